The Morgan fingerprint density at radius 2 is 2.05 bits per heavy atom. The van der Waals surface area contributed by atoms with Gasteiger partial charge in [-0.2, -0.15) is 4.68 Å². The van der Waals surface area contributed by atoms with E-state index >= 15 is 0 Å². The van der Waals surface area contributed by atoms with Gasteiger partial charge in [0.25, 0.3) is 5.56 Å². The molecular formula is C13H19N5O2S. The lowest BCUT2D eigenvalue weighted by Gasteiger charge is -2.14. The van der Waals surface area contributed by atoms with Crippen molar-refractivity contribution in [1.82, 2.24) is 19.9 Å². The number of oxazole rings is 1. The molecule has 2 rings (SSSR count). The number of nitrogens with zero attached hydrogens (tertiary/aromatic N) is 4. The Morgan fingerprint density at radius 1 is 1.38 bits per heavy atom. The van der Waals surface area contributed by atoms with Crippen LogP contribution in [0.2, 0.25) is 0 Å². The summed E-state index contributed by atoms with van der Waals surface area (Å²) in [6, 6.07) is 0. The zero-order chi connectivity index (χ0) is 15.8. The summed E-state index contributed by atoms with van der Waals surface area (Å²) in [5.41, 5.74) is -0.196. The Balaban J connectivity index is 2.23. The maximum absolute atomic E-state index is 11.7. The molecule has 0 bridgehead atoms. The average Bonchev–Trinajstić information content (AvgIpc) is 2.89. The van der Waals surface area contributed by atoms with Crippen LogP contribution in [-0.4, -0.2) is 19.9 Å². The van der Waals surface area contributed by atoms with E-state index in [4.69, 9.17) is 10.3 Å². The Hall–Kier alpha value is -1.83. The summed E-state index contributed by atoms with van der Waals surface area (Å²) in [4.78, 5) is 16.0. The van der Waals surface area contributed by atoms with Crippen LogP contribution in [0.3, 0.4) is 0 Å². The fourth-order valence-electron chi connectivity index (χ4n) is 1.58. The second kappa shape index (κ2) is 5.51. The van der Waals surface area contributed by atoms with Crippen LogP contribution >= 0.6 is 11.8 Å². The van der Waals surface area contributed by atoms with Crippen molar-refractivity contribution in [2.75, 3.05) is 5.84 Å². The normalized spacial score (nSPS) is 13.4. The molecule has 21 heavy (non-hydrogen) atoms. The first-order valence-electron chi connectivity index (χ1n) is 6.54. The van der Waals surface area contributed by atoms with Crippen molar-refractivity contribution in [2.24, 2.45) is 0 Å². The molecule has 0 radical (unpaired) electrons. The standard InChI is InChI=1S/C13H19N5O2S/c1-7-11(19)18(14)12(17-16-7)21-8(2)10-15-6-9(20-10)13(3,4)5/h6,8H,14H2,1-5H3. The number of hydrogen-bond acceptors (Lipinski definition) is 7. The molecular weight excluding hydrogens is 290 g/mol. The van der Waals surface area contributed by atoms with Gasteiger partial charge in [0, 0.05) is 5.41 Å². The molecule has 7 nitrogen and oxygen atoms in total. The van der Waals surface area contributed by atoms with Crippen molar-refractivity contribution in [3.63, 3.8) is 0 Å². The van der Waals surface area contributed by atoms with E-state index in [-0.39, 0.29) is 21.9 Å². The lowest BCUT2D eigenvalue weighted by Crippen LogP contribution is -2.32. The predicted octanol–water partition coefficient (Wildman–Crippen LogP) is 1.80. The Kier molecular flexibility index (Phi) is 4.08. The van der Waals surface area contributed by atoms with Crippen molar-refractivity contribution < 1.29 is 4.42 Å². The van der Waals surface area contributed by atoms with E-state index in [0.717, 1.165) is 10.4 Å². The van der Waals surface area contributed by atoms with Crippen molar-refractivity contribution in [3.8, 4) is 0 Å². The highest BCUT2D eigenvalue weighted by molar-refractivity contribution is 7.99. The summed E-state index contributed by atoms with van der Waals surface area (Å²) in [7, 11) is 0. The van der Waals surface area contributed by atoms with Crippen molar-refractivity contribution in [2.45, 2.75) is 50.4 Å². The number of aromatic nitrogens is 4. The molecule has 0 fully saturated rings. The maximum Gasteiger partial charge on any atom is 0.294 e. The van der Waals surface area contributed by atoms with Crippen LogP contribution in [0, 0.1) is 6.92 Å². The molecule has 8 heteroatoms. The van der Waals surface area contributed by atoms with Crippen LogP contribution < -0.4 is 11.4 Å². The van der Waals surface area contributed by atoms with E-state index in [9.17, 15) is 4.79 Å². The zero-order valence-electron chi connectivity index (χ0n) is 12.7. The highest BCUT2D eigenvalue weighted by Gasteiger charge is 2.23. The number of nitrogens with two attached hydrogens (primary N) is 1. The molecule has 2 aromatic rings. The molecule has 1 atom stereocenters. The van der Waals surface area contributed by atoms with Crippen LogP contribution in [0.1, 0.15) is 50.3 Å². The molecule has 0 aliphatic heterocycles. The van der Waals surface area contributed by atoms with Crippen molar-refractivity contribution in [3.05, 3.63) is 33.9 Å². The van der Waals surface area contributed by atoms with Gasteiger partial charge in [-0.25, -0.2) is 4.98 Å². The van der Waals surface area contributed by atoms with E-state index in [2.05, 4.69) is 36.0 Å². The van der Waals surface area contributed by atoms with Gasteiger partial charge >= 0.3 is 0 Å². The van der Waals surface area contributed by atoms with Crippen LogP contribution in [0.15, 0.2) is 20.6 Å². The minimum Gasteiger partial charge on any atom is -0.444 e. The molecule has 0 saturated carbocycles. The van der Waals surface area contributed by atoms with Gasteiger partial charge in [-0.1, -0.05) is 32.5 Å². The van der Waals surface area contributed by atoms with Crippen molar-refractivity contribution in [1.29, 1.82) is 0 Å². The third kappa shape index (κ3) is 3.26. The van der Waals surface area contributed by atoms with Gasteiger partial charge in [-0.3, -0.25) is 4.79 Å². The lowest BCUT2D eigenvalue weighted by atomic mass is 9.94. The number of nitrogen functional groups attached to an aromatic ring is 1. The monoisotopic (exact) mass is 309 g/mol. The largest absolute Gasteiger partial charge is 0.444 e. The van der Waals surface area contributed by atoms with Crippen LogP contribution in [0.25, 0.3) is 0 Å². The van der Waals surface area contributed by atoms with E-state index in [1.54, 1.807) is 13.1 Å². The highest BCUT2D eigenvalue weighted by Crippen LogP contribution is 2.34. The molecule has 1 unspecified atom stereocenters. The van der Waals surface area contributed by atoms with Gasteiger partial charge in [0.2, 0.25) is 11.0 Å². The van der Waals surface area contributed by atoms with Crippen molar-refractivity contribution >= 4 is 11.8 Å². The molecule has 0 spiro atoms. The SMILES string of the molecule is Cc1nnc(SC(C)c2ncc(C(C)(C)C)o2)n(N)c1=O. The van der Waals surface area contributed by atoms with Crippen LogP contribution in [0.5, 0.6) is 0 Å². The average molecular weight is 309 g/mol. The first-order chi connectivity index (χ1) is 9.70. The van der Waals surface area contributed by atoms with E-state index in [1.807, 2.05) is 6.92 Å². The topological polar surface area (TPSA) is 99.8 Å². The van der Waals surface area contributed by atoms with Crippen LogP contribution in [-0.2, 0) is 5.41 Å². The molecule has 114 valence electrons. The highest BCUT2D eigenvalue weighted by atomic mass is 32.2. The van der Waals surface area contributed by atoms with Gasteiger partial charge in [0.05, 0.1) is 11.4 Å². The van der Waals surface area contributed by atoms with Gasteiger partial charge < -0.3 is 10.3 Å². The lowest BCUT2D eigenvalue weighted by molar-refractivity contribution is 0.383. The Labute approximate surface area is 126 Å². The fourth-order valence-corrected chi connectivity index (χ4v) is 2.39. The number of thioether (sulfide) groups is 1. The van der Waals surface area contributed by atoms with E-state index < -0.39 is 0 Å². The maximum atomic E-state index is 11.7. The summed E-state index contributed by atoms with van der Waals surface area (Å²) < 4.78 is 6.76. The summed E-state index contributed by atoms with van der Waals surface area (Å²) >= 11 is 1.28. The van der Waals surface area contributed by atoms with E-state index in [1.165, 1.54) is 11.8 Å². The number of rotatable bonds is 3. The fraction of sp³-hybridized carbons (Fsp3) is 0.538. The molecule has 0 aromatic carbocycles. The summed E-state index contributed by atoms with van der Waals surface area (Å²) in [5.74, 6) is 7.09. The second-order valence-corrected chi connectivity index (χ2v) is 7.12. The second-order valence-electron chi connectivity index (χ2n) is 5.82. The summed E-state index contributed by atoms with van der Waals surface area (Å²) in [5, 5.41) is 7.93. The summed E-state index contributed by atoms with van der Waals surface area (Å²) in [6.07, 6.45) is 1.72. The molecule has 0 aliphatic carbocycles. The molecule has 2 heterocycles. The number of hydrogen-bond donors (Lipinski definition) is 1. The number of aryl methyl sites for hydroxylation is 1. The van der Waals surface area contributed by atoms with E-state index in [0.29, 0.717) is 11.0 Å². The Bertz CT molecular complexity index is 701. The van der Waals surface area contributed by atoms with Gasteiger partial charge in [0.15, 0.2) is 0 Å². The molecule has 0 amide bonds. The molecule has 0 aliphatic rings. The van der Waals surface area contributed by atoms with Crippen LogP contribution in [0.4, 0.5) is 0 Å². The quantitative estimate of drug-likeness (QED) is 0.681. The van der Waals surface area contributed by atoms with Gasteiger partial charge in [-0.05, 0) is 13.8 Å². The van der Waals surface area contributed by atoms with Gasteiger partial charge in [0.1, 0.15) is 11.5 Å². The smallest absolute Gasteiger partial charge is 0.294 e. The Morgan fingerprint density at radius 3 is 2.62 bits per heavy atom. The minimum absolute atomic E-state index is 0.102. The molecule has 0 saturated heterocycles. The minimum atomic E-state index is -0.359. The molecule has 2 N–H and O–H groups in total. The molecule has 2 aromatic heterocycles. The predicted molar refractivity (Wildman–Crippen MR) is 80.7 cm³/mol. The first-order valence-corrected chi connectivity index (χ1v) is 7.42. The first kappa shape index (κ1) is 15.6. The third-order valence-electron chi connectivity index (χ3n) is 2.91. The zero-order valence-corrected chi connectivity index (χ0v) is 13.6. The summed E-state index contributed by atoms with van der Waals surface area (Å²) in [6.45, 7) is 9.64. The third-order valence-corrected chi connectivity index (χ3v) is 3.96. The van der Waals surface area contributed by atoms with Gasteiger partial charge in [-0.15, -0.1) is 10.2 Å².